The lowest BCUT2D eigenvalue weighted by Crippen LogP contribution is -2.12. The van der Waals surface area contributed by atoms with Gasteiger partial charge in [0, 0.05) is 21.1 Å². The van der Waals surface area contributed by atoms with Crippen LogP contribution in [0.15, 0.2) is 63.3 Å². The minimum Gasteiger partial charge on any atom is -0.280 e. The molecule has 23 heavy (non-hydrogen) atoms. The molecule has 3 rings (SSSR count). The van der Waals surface area contributed by atoms with Gasteiger partial charge in [-0.05, 0) is 37.3 Å². The summed E-state index contributed by atoms with van der Waals surface area (Å²) in [5.41, 5.74) is 2.23. The van der Waals surface area contributed by atoms with Crippen molar-refractivity contribution in [3.8, 4) is 11.3 Å². The van der Waals surface area contributed by atoms with E-state index in [4.69, 9.17) is 0 Å². The number of halogens is 1. The zero-order valence-electron chi connectivity index (χ0n) is 12.2. The molecular weight excluding hydrogens is 396 g/mol. The van der Waals surface area contributed by atoms with Crippen LogP contribution in [0.5, 0.6) is 0 Å². The van der Waals surface area contributed by atoms with Crippen LogP contribution < -0.4 is 4.72 Å². The molecule has 0 aliphatic rings. The van der Waals surface area contributed by atoms with Gasteiger partial charge in [0.15, 0.2) is 0 Å². The first-order valence-corrected chi connectivity index (χ1v) is 9.90. The number of aryl methyl sites for hydroxylation is 1. The standard InChI is InChI=1S/C16H13BrN2O2S2/c1-11-18-16(10-22-11)12-4-2-6-14(8-12)19-23(20,21)15-7-3-5-13(17)9-15/h2-10,19H,1H3. The molecule has 1 N–H and O–H groups in total. The number of nitrogens with zero attached hydrogens (tertiary/aromatic N) is 1. The van der Waals surface area contributed by atoms with E-state index < -0.39 is 10.0 Å². The molecule has 3 aromatic rings. The van der Waals surface area contributed by atoms with E-state index in [2.05, 4.69) is 25.6 Å². The molecule has 0 aliphatic heterocycles. The Hall–Kier alpha value is -1.70. The number of aromatic nitrogens is 1. The van der Waals surface area contributed by atoms with Crippen LogP contribution in [-0.4, -0.2) is 13.4 Å². The Bertz CT molecular complexity index is 952. The molecule has 1 heterocycles. The zero-order valence-corrected chi connectivity index (χ0v) is 15.4. The van der Waals surface area contributed by atoms with Crippen LogP contribution in [-0.2, 0) is 10.0 Å². The second kappa shape index (κ2) is 6.43. The monoisotopic (exact) mass is 408 g/mol. The number of nitrogens with one attached hydrogen (secondary N) is 1. The molecule has 118 valence electrons. The summed E-state index contributed by atoms with van der Waals surface area (Å²) < 4.78 is 28.2. The maximum atomic E-state index is 12.5. The summed E-state index contributed by atoms with van der Waals surface area (Å²) in [5.74, 6) is 0. The van der Waals surface area contributed by atoms with Crippen LogP contribution in [0, 0.1) is 6.92 Å². The Morgan fingerprint density at radius 2 is 1.91 bits per heavy atom. The van der Waals surface area contributed by atoms with Crippen LogP contribution in [0.25, 0.3) is 11.3 Å². The number of hydrogen-bond donors (Lipinski definition) is 1. The van der Waals surface area contributed by atoms with Crippen molar-refractivity contribution in [1.29, 1.82) is 0 Å². The number of sulfonamides is 1. The topological polar surface area (TPSA) is 59.1 Å². The predicted octanol–water partition coefficient (Wildman–Crippen LogP) is 4.68. The summed E-state index contributed by atoms with van der Waals surface area (Å²) in [7, 11) is -3.63. The van der Waals surface area contributed by atoms with Gasteiger partial charge in [0.2, 0.25) is 0 Å². The quantitative estimate of drug-likeness (QED) is 0.681. The molecular formula is C16H13BrN2O2S2. The fraction of sp³-hybridized carbons (Fsp3) is 0.0625. The van der Waals surface area contributed by atoms with Crippen LogP contribution in [0.3, 0.4) is 0 Å². The average Bonchev–Trinajstić information content (AvgIpc) is 2.94. The molecule has 1 aromatic heterocycles. The molecule has 0 atom stereocenters. The summed E-state index contributed by atoms with van der Waals surface area (Å²) in [4.78, 5) is 4.63. The van der Waals surface area contributed by atoms with Crippen LogP contribution in [0.2, 0.25) is 0 Å². The highest BCUT2D eigenvalue weighted by Gasteiger charge is 2.15. The molecule has 0 amide bonds. The first-order valence-electron chi connectivity index (χ1n) is 6.75. The Morgan fingerprint density at radius 3 is 2.61 bits per heavy atom. The van der Waals surface area contributed by atoms with Gasteiger partial charge in [-0.15, -0.1) is 11.3 Å². The third-order valence-corrected chi connectivity index (χ3v) is 5.78. The lowest BCUT2D eigenvalue weighted by molar-refractivity contribution is 0.601. The van der Waals surface area contributed by atoms with E-state index in [9.17, 15) is 8.42 Å². The van der Waals surface area contributed by atoms with Crippen molar-refractivity contribution >= 4 is 43.0 Å². The molecule has 0 saturated carbocycles. The van der Waals surface area contributed by atoms with Gasteiger partial charge in [0.25, 0.3) is 10.0 Å². The lowest BCUT2D eigenvalue weighted by Gasteiger charge is -2.09. The lowest BCUT2D eigenvalue weighted by atomic mass is 10.1. The van der Waals surface area contributed by atoms with E-state index in [1.54, 1.807) is 47.7 Å². The summed E-state index contributed by atoms with van der Waals surface area (Å²) in [6.45, 7) is 1.94. The van der Waals surface area contributed by atoms with Crippen molar-refractivity contribution in [3.05, 3.63) is 63.4 Å². The molecule has 0 saturated heterocycles. The highest BCUT2D eigenvalue weighted by Crippen LogP contribution is 2.26. The highest BCUT2D eigenvalue weighted by molar-refractivity contribution is 9.10. The predicted molar refractivity (Wildman–Crippen MR) is 97.2 cm³/mol. The summed E-state index contributed by atoms with van der Waals surface area (Å²) >= 11 is 4.85. The number of benzene rings is 2. The van der Waals surface area contributed by atoms with Crippen molar-refractivity contribution in [3.63, 3.8) is 0 Å². The van der Waals surface area contributed by atoms with E-state index in [0.29, 0.717) is 10.2 Å². The van der Waals surface area contributed by atoms with Crippen LogP contribution in [0.4, 0.5) is 5.69 Å². The van der Waals surface area contributed by atoms with Crippen molar-refractivity contribution in [2.45, 2.75) is 11.8 Å². The van der Waals surface area contributed by atoms with Gasteiger partial charge in [-0.2, -0.15) is 0 Å². The third-order valence-electron chi connectivity index (χ3n) is 3.14. The van der Waals surface area contributed by atoms with E-state index in [0.717, 1.165) is 16.3 Å². The number of anilines is 1. The van der Waals surface area contributed by atoms with Crippen LogP contribution >= 0.6 is 27.3 Å². The smallest absolute Gasteiger partial charge is 0.261 e. The molecule has 0 spiro atoms. The largest absolute Gasteiger partial charge is 0.280 e. The Balaban J connectivity index is 1.91. The van der Waals surface area contributed by atoms with Gasteiger partial charge in [-0.25, -0.2) is 13.4 Å². The van der Waals surface area contributed by atoms with Gasteiger partial charge in [-0.3, -0.25) is 4.72 Å². The van der Waals surface area contributed by atoms with Crippen molar-refractivity contribution in [1.82, 2.24) is 4.98 Å². The van der Waals surface area contributed by atoms with Crippen molar-refractivity contribution in [2.24, 2.45) is 0 Å². The normalized spacial score (nSPS) is 11.4. The first kappa shape index (κ1) is 16.2. The minimum absolute atomic E-state index is 0.210. The summed E-state index contributed by atoms with van der Waals surface area (Å²) in [5, 5.41) is 2.93. The third kappa shape index (κ3) is 3.80. The van der Waals surface area contributed by atoms with Crippen molar-refractivity contribution in [2.75, 3.05) is 4.72 Å². The molecule has 0 fully saturated rings. The minimum atomic E-state index is -3.63. The molecule has 0 bridgehead atoms. The second-order valence-corrected chi connectivity index (χ2v) is 8.56. The molecule has 0 unspecified atom stereocenters. The van der Waals surface area contributed by atoms with Gasteiger partial charge in [0.05, 0.1) is 15.6 Å². The number of thiazole rings is 1. The van der Waals surface area contributed by atoms with E-state index >= 15 is 0 Å². The van der Waals surface area contributed by atoms with E-state index in [1.165, 1.54) is 0 Å². The number of hydrogen-bond acceptors (Lipinski definition) is 4. The first-order chi connectivity index (χ1) is 10.9. The molecule has 0 radical (unpaired) electrons. The molecule has 7 heteroatoms. The fourth-order valence-corrected chi connectivity index (χ4v) is 4.35. The van der Waals surface area contributed by atoms with Gasteiger partial charge in [-0.1, -0.05) is 34.1 Å². The SMILES string of the molecule is Cc1nc(-c2cccc(NS(=O)(=O)c3cccc(Br)c3)c2)cs1. The Kier molecular flexibility index (Phi) is 4.52. The maximum Gasteiger partial charge on any atom is 0.261 e. The van der Waals surface area contributed by atoms with E-state index in [-0.39, 0.29) is 4.90 Å². The van der Waals surface area contributed by atoms with Crippen LogP contribution in [0.1, 0.15) is 5.01 Å². The van der Waals surface area contributed by atoms with Crippen molar-refractivity contribution < 1.29 is 8.42 Å². The van der Waals surface area contributed by atoms with Gasteiger partial charge in [0.1, 0.15) is 0 Å². The van der Waals surface area contributed by atoms with Gasteiger partial charge < -0.3 is 0 Å². The highest BCUT2D eigenvalue weighted by atomic mass is 79.9. The molecule has 4 nitrogen and oxygen atoms in total. The summed E-state index contributed by atoms with van der Waals surface area (Å²) in [6, 6.07) is 13.8. The van der Waals surface area contributed by atoms with E-state index in [1.807, 2.05) is 24.4 Å². The molecule has 0 aliphatic carbocycles. The Morgan fingerprint density at radius 1 is 1.13 bits per heavy atom. The average molecular weight is 409 g/mol. The zero-order chi connectivity index (χ0) is 16.4. The maximum absolute atomic E-state index is 12.5. The second-order valence-electron chi connectivity index (χ2n) is 4.90. The fourth-order valence-electron chi connectivity index (χ4n) is 2.09. The number of rotatable bonds is 4. The van der Waals surface area contributed by atoms with Gasteiger partial charge >= 0.3 is 0 Å². The Labute approximate surface area is 147 Å². The summed E-state index contributed by atoms with van der Waals surface area (Å²) in [6.07, 6.45) is 0. The molecule has 2 aromatic carbocycles.